The van der Waals surface area contributed by atoms with E-state index in [1.54, 1.807) is 11.8 Å². The van der Waals surface area contributed by atoms with Crippen LogP contribution in [-0.2, 0) is 0 Å². The first kappa shape index (κ1) is 13.8. The molecule has 0 aliphatic heterocycles. The number of hydrogen-bond donors (Lipinski definition) is 2. The first-order chi connectivity index (χ1) is 8.27. The van der Waals surface area contributed by atoms with Gasteiger partial charge in [0.1, 0.15) is 17.6 Å². The van der Waals surface area contributed by atoms with Crippen LogP contribution in [0, 0.1) is 18.3 Å². The molecule has 4 nitrogen and oxygen atoms in total. The zero-order chi connectivity index (χ0) is 12.5. The molecule has 5 heteroatoms. The Morgan fingerprint density at radius 1 is 1.47 bits per heavy atom. The third-order valence-corrected chi connectivity index (χ3v) is 3.27. The molecular formula is C12H17N3OS. The van der Waals surface area contributed by atoms with Gasteiger partial charge >= 0.3 is 0 Å². The number of nitriles is 1. The fourth-order valence-corrected chi connectivity index (χ4v) is 2.04. The Balaban J connectivity index is 2.30. The number of aryl methyl sites for hydroxylation is 1. The Bertz CT molecular complexity index is 390. The van der Waals surface area contributed by atoms with Crippen LogP contribution in [-0.4, -0.2) is 34.7 Å². The smallest absolute Gasteiger partial charge is 0.145 e. The molecule has 1 rings (SSSR count). The van der Waals surface area contributed by atoms with Gasteiger partial charge in [0.15, 0.2) is 0 Å². The lowest BCUT2D eigenvalue weighted by Gasteiger charge is -2.06. The summed E-state index contributed by atoms with van der Waals surface area (Å²) in [5, 5.41) is 20.6. The van der Waals surface area contributed by atoms with Gasteiger partial charge in [0.25, 0.3) is 0 Å². The predicted molar refractivity (Wildman–Crippen MR) is 71.2 cm³/mol. The van der Waals surface area contributed by atoms with Crippen molar-refractivity contribution in [2.75, 3.05) is 30.0 Å². The molecule has 92 valence electrons. The van der Waals surface area contributed by atoms with Crippen molar-refractivity contribution < 1.29 is 5.11 Å². The molecule has 0 saturated carbocycles. The third-order valence-electron chi connectivity index (χ3n) is 2.20. The lowest BCUT2D eigenvalue weighted by Crippen LogP contribution is -2.07. The average Bonchev–Trinajstić information content (AvgIpc) is 2.35. The lowest BCUT2D eigenvalue weighted by molar-refractivity contribution is 0.296. The van der Waals surface area contributed by atoms with Crippen LogP contribution >= 0.6 is 11.8 Å². The Morgan fingerprint density at radius 3 is 3.00 bits per heavy atom. The molecule has 0 spiro atoms. The highest BCUT2D eigenvalue weighted by molar-refractivity contribution is 7.99. The maximum atomic E-state index is 8.84. The van der Waals surface area contributed by atoms with E-state index in [1.807, 2.05) is 19.1 Å². The van der Waals surface area contributed by atoms with Crippen molar-refractivity contribution in [3.8, 4) is 6.07 Å². The summed E-state index contributed by atoms with van der Waals surface area (Å²) in [6.07, 6.45) is 0.839. The number of aliphatic hydroxyl groups excluding tert-OH is 1. The van der Waals surface area contributed by atoms with E-state index in [0.717, 1.165) is 35.9 Å². The van der Waals surface area contributed by atoms with Gasteiger partial charge in [-0.15, -0.1) is 0 Å². The normalized spacial score (nSPS) is 9.94. The van der Waals surface area contributed by atoms with Crippen LogP contribution < -0.4 is 5.32 Å². The highest BCUT2D eigenvalue weighted by Crippen LogP contribution is 2.09. The second kappa shape index (κ2) is 7.93. The number of aliphatic hydroxyl groups is 1. The van der Waals surface area contributed by atoms with E-state index in [-0.39, 0.29) is 6.61 Å². The largest absolute Gasteiger partial charge is 0.396 e. The van der Waals surface area contributed by atoms with Crippen LogP contribution in [0.4, 0.5) is 5.82 Å². The van der Waals surface area contributed by atoms with Gasteiger partial charge in [-0.1, -0.05) is 6.07 Å². The van der Waals surface area contributed by atoms with Gasteiger partial charge in [-0.25, -0.2) is 4.98 Å². The number of nitrogens with one attached hydrogen (secondary N) is 1. The van der Waals surface area contributed by atoms with Gasteiger partial charge in [0.05, 0.1) is 0 Å². The average molecular weight is 251 g/mol. The quantitative estimate of drug-likeness (QED) is 0.723. The predicted octanol–water partition coefficient (Wildman–Crippen LogP) is 1.79. The summed E-state index contributed by atoms with van der Waals surface area (Å²) in [6, 6.07) is 5.85. The molecule has 0 aliphatic rings. The summed E-state index contributed by atoms with van der Waals surface area (Å²) in [5.41, 5.74) is 1.37. The molecule has 2 N–H and O–H groups in total. The second-order valence-corrected chi connectivity index (χ2v) is 4.81. The molecule has 0 unspecified atom stereocenters. The maximum absolute atomic E-state index is 8.84. The minimum Gasteiger partial charge on any atom is -0.396 e. The zero-order valence-electron chi connectivity index (χ0n) is 9.94. The molecule has 17 heavy (non-hydrogen) atoms. The molecule has 0 atom stereocenters. The van der Waals surface area contributed by atoms with E-state index in [4.69, 9.17) is 10.4 Å². The van der Waals surface area contributed by atoms with E-state index in [0.29, 0.717) is 5.69 Å². The van der Waals surface area contributed by atoms with E-state index in [9.17, 15) is 0 Å². The fraction of sp³-hybridized carbons (Fsp3) is 0.500. The minimum atomic E-state index is 0.255. The van der Waals surface area contributed by atoms with E-state index >= 15 is 0 Å². The van der Waals surface area contributed by atoms with Crippen LogP contribution in [0.2, 0.25) is 0 Å². The minimum absolute atomic E-state index is 0.255. The molecule has 0 bridgehead atoms. The summed E-state index contributed by atoms with van der Waals surface area (Å²) >= 11 is 1.79. The highest BCUT2D eigenvalue weighted by atomic mass is 32.2. The number of hydrogen-bond acceptors (Lipinski definition) is 5. The lowest BCUT2D eigenvalue weighted by atomic mass is 10.2. The molecule has 1 aromatic heterocycles. The van der Waals surface area contributed by atoms with E-state index in [2.05, 4.69) is 16.4 Å². The Labute approximate surface area is 106 Å². The second-order valence-electron chi connectivity index (χ2n) is 3.59. The molecule has 0 saturated heterocycles. The molecule has 1 aromatic rings. The van der Waals surface area contributed by atoms with Crippen molar-refractivity contribution in [1.82, 2.24) is 4.98 Å². The number of pyridine rings is 1. The van der Waals surface area contributed by atoms with Crippen molar-refractivity contribution in [3.05, 3.63) is 23.4 Å². The summed E-state index contributed by atoms with van der Waals surface area (Å²) < 4.78 is 0. The van der Waals surface area contributed by atoms with Crippen LogP contribution in [0.25, 0.3) is 0 Å². The van der Waals surface area contributed by atoms with Gasteiger partial charge in [0, 0.05) is 18.9 Å². The van der Waals surface area contributed by atoms with Crippen molar-refractivity contribution in [2.45, 2.75) is 13.3 Å². The Morgan fingerprint density at radius 2 is 2.29 bits per heavy atom. The number of thioether (sulfide) groups is 1. The van der Waals surface area contributed by atoms with E-state index in [1.165, 1.54) is 0 Å². The topological polar surface area (TPSA) is 68.9 Å². The molecule has 0 aromatic carbocycles. The van der Waals surface area contributed by atoms with Crippen LogP contribution in [0.15, 0.2) is 12.1 Å². The summed E-state index contributed by atoms with van der Waals surface area (Å²) in [7, 11) is 0. The van der Waals surface area contributed by atoms with Crippen molar-refractivity contribution >= 4 is 17.6 Å². The summed E-state index contributed by atoms with van der Waals surface area (Å²) in [5.74, 6) is 2.69. The Hall–Kier alpha value is -1.25. The van der Waals surface area contributed by atoms with Crippen molar-refractivity contribution in [1.29, 1.82) is 5.26 Å². The van der Waals surface area contributed by atoms with Crippen LogP contribution in [0.5, 0.6) is 0 Å². The zero-order valence-corrected chi connectivity index (χ0v) is 10.8. The SMILES string of the molecule is Cc1ccc(NCCSCCCO)nc1C#N. The molecular weight excluding hydrogens is 234 g/mol. The van der Waals surface area contributed by atoms with Crippen molar-refractivity contribution in [3.63, 3.8) is 0 Å². The molecule has 0 radical (unpaired) electrons. The van der Waals surface area contributed by atoms with Crippen LogP contribution in [0.3, 0.4) is 0 Å². The molecule has 0 amide bonds. The van der Waals surface area contributed by atoms with Gasteiger partial charge < -0.3 is 10.4 Å². The van der Waals surface area contributed by atoms with E-state index < -0.39 is 0 Å². The molecule has 1 heterocycles. The molecule has 0 fully saturated rings. The van der Waals surface area contributed by atoms with Gasteiger partial charge in [-0.2, -0.15) is 17.0 Å². The van der Waals surface area contributed by atoms with Gasteiger partial charge in [0.2, 0.25) is 0 Å². The molecule has 0 aliphatic carbocycles. The first-order valence-electron chi connectivity index (χ1n) is 5.58. The Kier molecular flexibility index (Phi) is 6.45. The van der Waals surface area contributed by atoms with Gasteiger partial charge in [-0.3, -0.25) is 0 Å². The monoisotopic (exact) mass is 251 g/mol. The third kappa shape index (κ3) is 5.07. The highest BCUT2D eigenvalue weighted by Gasteiger charge is 2.00. The standard InChI is InChI=1S/C12H17N3OS/c1-10-3-4-12(15-11(10)9-13)14-5-8-17-7-2-6-16/h3-4,16H,2,5-8H2,1H3,(H,14,15). The number of aromatic nitrogens is 1. The number of nitrogens with zero attached hydrogens (tertiary/aromatic N) is 2. The number of anilines is 1. The van der Waals surface area contributed by atoms with Crippen LogP contribution in [0.1, 0.15) is 17.7 Å². The fourth-order valence-electron chi connectivity index (χ4n) is 1.26. The summed E-state index contributed by atoms with van der Waals surface area (Å²) in [4.78, 5) is 4.20. The van der Waals surface area contributed by atoms with Gasteiger partial charge in [-0.05, 0) is 30.7 Å². The number of rotatable bonds is 7. The van der Waals surface area contributed by atoms with Crippen molar-refractivity contribution in [2.24, 2.45) is 0 Å². The maximum Gasteiger partial charge on any atom is 0.145 e. The first-order valence-corrected chi connectivity index (χ1v) is 6.73. The summed E-state index contributed by atoms with van der Waals surface area (Å²) in [6.45, 7) is 2.95.